The maximum Gasteiger partial charge on any atom is 0.145 e. The van der Waals surface area contributed by atoms with Crippen LogP contribution in [0.15, 0.2) is 17.7 Å². The lowest BCUT2D eigenvalue weighted by molar-refractivity contribution is 0.607. The van der Waals surface area contributed by atoms with E-state index in [1.54, 1.807) is 0 Å². The molecule has 1 rings (SSSR count). The maximum absolute atomic E-state index is 5.56. The van der Waals surface area contributed by atoms with Gasteiger partial charge in [0.2, 0.25) is 0 Å². The Bertz CT molecular complexity index is 306. The van der Waals surface area contributed by atoms with Gasteiger partial charge in [-0.15, -0.1) is 0 Å². The van der Waals surface area contributed by atoms with E-state index < -0.39 is 0 Å². The number of hydrogen-bond acceptors (Lipinski definition) is 2. The van der Waals surface area contributed by atoms with Gasteiger partial charge in [-0.2, -0.15) is 5.10 Å². The number of aryl methyl sites for hydroxylation is 2. The van der Waals surface area contributed by atoms with Crippen LogP contribution in [0.4, 0.5) is 5.82 Å². The van der Waals surface area contributed by atoms with Gasteiger partial charge in [0.05, 0.1) is 0 Å². The minimum absolute atomic E-state index is 0.606. The van der Waals surface area contributed by atoms with Gasteiger partial charge in [-0.25, -0.2) is 0 Å². The molecule has 1 heterocycles. The van der Waals surface area contributed by atoms with Gasteiger partial charge in [0.1, 0.15) is 5.82 Å². The highest BCUT2D eigenvalue weighted by Crippen LogP contribution is 2.05. The summed E-state index contributed by atoms with van der Waals surface area (Å²) in [5.41, 5.74) is 8.03. The minimum Gasteiger partial charge on any atom is -0.382 e. The van der Waals surface area contributed by atoms with Gasteiger partial charge in [-0.05, 0) is 27.2 Å². The van der Waals surface area contributed by atoms with Crippen molar-refractivity contribution in [2.45, 2.75) is 33.7 Å². The molecule has 0 saturated carbocycles. The number of nitrogen functional groups attached to an aromatic ring is 1. The van der Waals surface area contributed by atoms with Crippen molar-refractivity contribution in [3.63, 3.8) is 0 Å². The molecule has 0 unspecified atom stereocenters. The van der Waals surface area contributed by atoms with E-state index in [1.807, 2.05) is 17.7 Å². The Hall–Kier alpha value is -1.25. The van der Waals surface area contributed by atoms with Crippen molar-refractivity contribution in [3.05, 3.63) is 23.4 Å². The van der Waals surface area contributed by atoms with E-state index >= 15 is 0 Å². The molecule has 13 heavy (non-hydrogen) atoms. The fourth-order valence-electron chi connectivity index (χ4n) is 1.24. The molecular weight excluding hydrogens is 162 g/mol. The number of anilines is 1. The second kappa shape index (κ2) is 4.12. The molecule has 0 aliphatic heterocycles. The third kappa shape index (κ3) is 2.93. The third-order valence-corrected chi connectivity index (χ3v) is 1.89. The fraction of sp³-hybridized carbons (Fsp3) is 0.500. The first kappa shape index (κ1) is 9.84. The number of allylic oxidation sites excluding steroid dienone is 2. The van der Waals surface area contributed by atoms with E-state index in [9.17, 15) is 0 Å². The van der Waals surface area contributed by atoms with Crippen molar-refractivity contribution in [2.75, 3.05) is 5.73 Å². The van der Waals surface area contributed by atoms with Gasteiger partial charge in [-0.1, -0.05) is 11.6 Å². The lowest BCUT2D eigenvalue weighted by Gasteiger charge is -2.00. The van der Waals surface area contributed by atoms with E-state index in [0.717, 1.165) is 18.7 Å². The lowest BCUT2D eigenvalue weighted by Crippen LogP contribution is -2.02. The zero-order chi connectivity index (χ0) is 9.84. The summed E-state index contributed by atoms with van der Waals surface area (Å²) in [5, 5.41) is 4.17. The van der Waals surface area contributed by atoms with Crippen LogP contribution < -0.4 is 5.73 Å². The van der Waals surface area contributed by atoms with Gasteiger partial charge in [0.15, 0.2) is 0 Å². The average Bonchev–Trinajstić information content (AvgIpc) is 2.29. The molecule has 0 bridgehead atoms. The predicted octanol–water partition coefficient (Wildman–Crippen LogP) is 2.13. The smallest absolute Gasteiger partial charge is 0.145 e. The van der Waals surface area contributed by atoms with E-state index in [2.05, 4.69) is 25.0 Å². The average molecular weight is 179 g/mol. The summed E-state index contributed by atoms with van der Waals surface area (Å²) in [5.74, 6) is 0.606. The van der Waals surface area contributed by atoms with Crippen LogP contribution in [0.1, 0.15) is 26.0 Å². The van der Waals surface area contributed by atoms with Crippen LogP contribution in [0.2, 0.25) is 0 Å². The number of aromatic nitrogens is 2. The van der Waals surface area contributed by atoms with Gasteiger partial charge in [0.25, 0.3) is 0 Å². The topological polar surface area (TPSA) is 43.8 Å². The zero-order valence-corrected chi connectivity index (χ0v) is 8.54. The Balaban J connectivity index is 2.54. The van der Waals surface area contributed by atoms with E-state index in [1.165, 1.54) is 5.57 Å². The molecule has 2 N–H and O–H groups in total. The molecule has 0 amide bonds. The van der Waals surface area contributed by atoms with Gasteiger partial charge in [0, 0.05) is 18.3 Å². The molecule has 0 aliphatic rings. The first-order valence-corrected chi connectivity index (χ1v) is 4.53. The summed E-state index contributed by atoms with van der Waals surface area (Å²) >= 11 is 0. The van der Waals surface area contributed by atoms with Crippen molar-refractivity contribution in [1.29, 1.82) is 0 Å². The van der Waals surface area contributed by atoms with E-state index in [0.29, 0.717) is 5.82 Å². The van der Waals surface area contributed by atoms with Crippen LogP contribution in [0.3, 0.4) is 0 Å². The van der Waals surface area contributed by atoms with Crippen LogP contribution in [0.5, 0.6) is 0 Å². The lowest BCUT2D eigenvalue weighted by atomic mass is 10.3. The standard InChI is InChI=1S/C10H17N3/c1-8(2)5-4-6-13-9(3)7-10(11)12-13/h5,7H,4,6H2,1-3H3,(H2,11,12). The Kier molecular flexibility index (Phi) is 3.12. The predicted molar refractivity (Wildman–Crippen MR) is 55.4 cm³/mol. The molecule has 1 aromatic rings. The van der Waals surface area contributed by atoms with Crippen LogP contribution in [0, 0.1) is 6.92 Å². The highest BCUT2D eigenvalue weighted by molar-refractivity contribution is 5.28. The molecule has 3 nitrogen and oxygen atoms in total. The largest absolute Gasteiger partial charge is 0.382 e. The number of hydrogen-bond donors (Lipinski definition) is 1. The molecule has 0 atom stereocenters. The molecule has 0 saturated heterocycles. The van der Waals surface area contributed by atoms with Crippen molar-refractivity contribution >= 4 is 5.82 Å². The monoisotopic (exact) mass is 179 g/mol. The van der Waals surface area contributed by atoms with Crippen LogP contribution in [0.25, 0.3) is 0 Å². The Morgan fingerprint density at radius 2 is 2.31 bits per heavy atom. The van der Waals surface area contributed by atoms with Crippen LogP contribution in [-0.4, -0.2) is 9.78 Å². The highest BCUT2D eigenvalue weighted by Gasteiger charge is 1.98. The summed E-state index contributed by atoms with van der Waals surface area (Å²) in [4.78, 5) is 0. The second-order valence-electron chi connectivity index (χ2n) is 3.50. The second-order valence-corrected chi connectivity index (χ2v) is 3.50. The molecular formula is C10H17N3. The maximum atomic E-state index is 5.56. The van der Waals surface area contributed by atoms with Crippen LogP contribution in [-0.2, 0) is 6.54 Å². The molecule has 3 heteroatoms. The molecule has 0 fully saturated rings. The molecule has 0 aromatic carbocycles. The SMILES string of the molecule is CC(C)=CCCn1nc(N)cc1C. The third-order valence-electron chi connectivity index (χ3n) is 1.89. The van der Waals surface area contributed by atoms with Gasteiger partial charge < -0.3 is 5.73 Å². The molecule has 0 spiro atoms. The Labute approximate surface area is 79.2 Å². The highest BCUT2D eigenvalue weighted by atomic mass is 15.3. The zero-order valence-electron chi connectivity index (χ0n) is 8.54. The fourth-order valence-corrected chi connectivity index (χ4v) is 1.24. The number of rotatable bonds is 3. The van der Waals surface area contributed by atoms with Crippen molar-refractivity contribution in [2.24, 2.45) is 0 Å². The summed E-state index contributed by atoms with van der Waals surface area (Å²) in [6, 6.07) is 1.89. The summed E-state index contributed by atoms with van der Waals surface area (Å²) in [6.45, 7) is 7.13. The van der Waals surface area contributed by atoms with Gasteiger partial charge in [-0.3, -0.25) is 4.68 Å². The molecule has 0 radical (unpaired) electrons. The van der Waals surface area contributed by atoms with E-state index in [4.69, 9.17) is 5.73 Å². The summed E-state index contributed by atoms with van der Waals surface area (Å²) in [7, 11) is 0. The molecule has 72 valence electrons. The first-order chi connectivity index (χ1) is 6.09. The Morgan fingerprint density at radius 3 is 2.77 bits per heavy atom. The van der Waals surface area contributed by atoms with Crippen molar-refractivity contribution in [1.82, 2.24) is 9.78 Å². The number of nitrogens with zero attached hydrogens (tertiary/aromatic N) is 2. The van der Waals surface area contributed by atoms with Gasteiger partial charge >= 0.3 is 0 Å². The summed E-state index contributed by atoms with van der Waals surface area (Å²) < 4.78 is 1.94. The molecule has 0 aliphatic carbocycles. The van der Waals surface area contributed by atoms with E-state index in [-0.39, 0.29) is 0 Å². The van der Waals surface area contributed by atoms with Crippen molar-refractivity contribution < 1.29 is 0 Å². The normalized spacial score (nSPS) is 10.1. The van der Waals surface area contributed by atoms with Crippen LogP contribution >= 0.6 is 0 Å². The first-order valence-electron chi connectivity index (χ1n) is 4.53. The number of nitrogens with two attached hydrogens (primary N) is 1. The Morgan fingerprint density at radius 1 is 1.62 bits per heavy atom. The quantitative estimate of drug-likeness (QED) is 0.722. The summed E-state index contributed by atoms with van der Waals surface area (Å²) in [6.07, 6.45) is 3.22. The molecule has 1 aromatic heterocycles. The minimum atomic E-state index is 0.606. The van der Waals surface area contributed by atoms with Crippen molar-refractivity contribution in [3.8, 4) is 0 Å².